The van der Waals surface area contributed by atoms with Crippen LogP contribution in [0, 0.1) is 5.92 Å². The fourth-order valence-electron chi connectivity index (χ4n) is 5.90. The molecule has 5 amide bonds. The van der Waals surface area contributed by atoms with Gasteiger partial charge in [-0.25, -0.2) is 4.79 Å². The summed E-state index contributed by atoms with van der Waals surface area (Å²) in [6.07, 6.45) is 3.62. The van der Waals surface area contributed by atoms with E-state index in [9.17, 15) is 33.1 Å². The Kier molecular flexibility index (Phi) is 14.4. The van der Waals surface area contributed by atoms with Gasteiger partial charge in [-0.3, -0.25) is 14.4 Å². The van der Waals surface area contributed by atoms with Gasteiger partial charge < -0.3 is 36.0 Å². The third-order valence-corrected chi connectivity index (χ3v) is 8.60. The van der Waals surface area contributed by atoms with Crippen molar-refractivity contribution in [3.05, 3.63) is 35.9 Å². The number of aliphatic hydroxyl groups is 1. The number of nitrogens with zero attached hydrogens (tertiary/aromatic N) is 1. The second kappa shape index (κ2) is 18.0. The van der Waals surface area contributed by atoms with E-state index in [2.05, 4.69) is 16.0 Å². The molecule has 1 aliphatic carbocycles. The number of benzene rings is 1. The molecular formula is C32H49F2N5O6. The van der Waals surface area contributed by atoms with Crippen LogP contribution in [-0.2, 0) is 25.5 Å². The molecule has 0 spiro atoms. The first kappa shape index (κ1) is 36.2. The molecule has 0 aromatic heterocycles. The zero-order valence-corrected chi connectivity index (χ0v) is 26.4. The number of urea groups is 1. The van der Waals surface area contributed by atoms with E-state index in [1.165, 1.54) is 0 Å². The molecule has 3 rings (SSSR count). The maximum Gasteiger partial charge on any atom is 0.351 e. The molecule has 0 radical (unpaired) electrons. The normalized spacial score (nSPS) is 18.6. The molecule has 2 aliphatic rings. The smallest absolute Gasteiger partial charge is 0.351 e. The lowest BCUT2D eigenvalue weighted by atomic mass is 9.82. The lowest BCUT2D eigenvalue weighted by Gasteiger charge is -2.34. The molecular weight excluding hydrogens is 588 g/mol. The molecule has 1 saturated heterocycles. The van der Waals surface area contributed by atoms with Crippen LogP contribution in [0.15, 0.2) is 30.3 Å². The number of morpholine rings is 1. The maximum absolute atomic E-state index is 14.9. The Bertz CT molecular complexity index is 1100. The van der Waals surface area contributed by atoms with Crippen molar-refractivity contribution in [3.8, 4) is 0 Å². The number of rotatable bonds is 15. The third kappa shape index (κ3) is 10.9. The number of carbonyl (C=O) groups excluding carboxylic acids is 4. The monoisotopic (exact) mass is 637 g/mol. The van der Waals surface area contributed by atoms with E-state index in [0.717, 1.165) is 44.7 Å². The molecule has 45 heavy (non-hydrogen) atoms. The molecule has 5 N–H and O–H groups in total. The van der Waals surface area contributed by atoms with Crippen molar-refractivity contribution >= 4 is 23.8 Å². The highest BCUT2D eigenvalue weighted by Crippen LogP contribution is 2.31. The number of hydrogen-bond donors (Lipinski definition) is 5. The van der Waals surface area contributed by atoms with Crippen molar-refractivity contribution in [1.82, 2.24) is 26.2 Å². The minimum atomic E-state index is -4.14. The van der Waals surface area contributed by atoms with Gasteiger partial charge in [0.2, 0.25) is 11.8 Å². The Hall–Kier alpha value is -3.32. The van der Waals surface area contributed by atoms with Gasteiger partial charge >= 0.3 is 12.0 Å². The number of hydrogen-bond acceptors (Lipinski definition) is 6. The Morgan fingerprint density at radius 1 is 0.978 bits per heavy atom. The summed E-state index contributed by atoms with van der Waals surface area (Å²) in [5.74, 6) is -7.13. The molecule has 1 aromatic carbocycles. The average Bonchev–Trinajstić information content (AvgIpc) is 3.06. The van der Waals surface area contributed by atoms with Crippen molar-refractivity contribution in [1.29, 1.82) is 0 Å². The molecule has 2 fully saturated rings. The summed E-state index contributed by atoms with van der Waals surface area (Å²) in [6.45, 7) is 3.43. The number of alkyl halides is 2. The number of aliphatic hydroxyl groups excluding tert-OH is 1. The van der Waals surface area contributed by atoms with E-state index < -0.39 is 53.9 Å². The van der Waals surface area contributed by atoms with Crippen LogP contribution >= 0.6 is 0 Å². The van der Waals surface area contributed by atoms with Gasteiger partial charge in [0.05, 0.1) is 19.3 Å². The van der Waals surface area contributed by atoms with Crippen LogP contribution < -0.4 is 21.3 Å². The fourth-order valence-corrected chi connectivity index (χ4v) is 5.90. The van der Waals surface area contributed by atoms with E-state index in [0.29, 0.717) is 39.1 Å². The topological polar surface area (TPSA) is 149 Å². The zero-order chi connectivity index (χ0) is 32.8. The van der Waals surface area contributed by atoms with Crippen LogP contribution in [0.25, 0.3) is 0 Å². The summed E-state index contributed by atoms with van der Waals surface area (Å²) in [5.41, 5.74) is 0.793. The van der Waals surface area contributed by atoms with Crippen molar-refractivity contribution in [3.63, 3.8) is 0 Å². The predicted molar refractivity (Wildman–Crippen MR) is 164 cm³/mol. The molecule has 13 heteroatoms. The minimum absolute atomic E-state index is 0.00600. The highest BCUT2D eigenvalue weighted by Gasteiger charge is 2.50. The number of ether oxygens (including phenoxy) is 1. The summed E-state index contributed by atoms with van der Waals surface area (Å²) in [6, 6.07) is 5.12. The van der Waals surface area contributed by atoms with Crippen LogP contribution in [-0.4, -0.2) is 97.3 Å². The van der Waals surface area contributed by atoms with E-state index >= 15 is 0 Å². The first-order valence-corrected chi connectivity index (χ1v) is 16.1. The number of amides is 5. The highest BCUT2D eigenvalue weighted by atomic mass is 19.3. The van der Waals surface area contributed by atoms with Crippen LogP contribution in [0.3, 0.4) is 0 Å². The molecule has 11 nitrogen and oxygen atoms in total. The zero-order valence-electron chi connectivity index (χ0n) is 26.4. The first-order chi connectivity index (χ1) is 21.6. The molecule has 1 heterocycles. The number of nitrogens with one attached hydrogen (secondary N) is 4. The standard InChI is InChI=1S/C32H49F2N5O6/c1-3-4-15-24(28(41)37-25(20-22-11-7-5-8-12-22)27(40)32(33,34)30(43)35-2)36-29(42)26(21-23-13-9-6-10-14-23)38-31(44)39-16-18-45-19-17-39/h6,9-10,13-14,22,24-27,40H,3-5,7-8,11-12,15-21H2,1-2H3,(H,35,43)(H,36,42)(H,37,41)(H,38,44)/t24-,25-,26-,27+/m0/s1. The van der Waals surface area contributed by atoms with Gasteiger partial charge in [0.1, 0.15) is 18.2 Å². The lowest BCUT2D eigenvalue weighted by molar-refractivity contribution is -0.168. The third-order valence-electron chi connectivity index (χ3n) is 8.60. The van der Waals surface area contributed by atoms with E-state index in [4.69, 9.17) is 4.74 Å². The average molecular weight is 638 g/mol. The van der Waals surface area contributed by atoms with Gasteiger partial charge in [-0.1, -0.05) is 82.2 Å². The number of carbonyl (C=O) groups is 4. The van der Waals surface area contributed by atoms with Gasteiger partial charge in [0, 0.05) is 26.6 Å². The van der Waals surface area contributed by atoms with Gasteiger partial charge in [0.15, 0.2) is 0 Å². The fraction of sp³-hybridized carbons (Fsp3) is 0.688. The van der Waals surface area contributed by atoms with Crippen LogP contribution in [0.1, 0.15) is 70.3 Å². The summed E-state index contributed by atoms with van der Waals surface area (Å²) in [7, 11) is 1.05. The van der Waals surface area contributed by atoms with Crippen LogP contribution in [0.5, 0.6) is 0 Å². The molecule has 0 bridgehead atoms. The second-order valence-electron chi connectivity index (χ2n) is 12.0. The van der Waals surface area contributed by atoms with Gasteiger partial charge in [-0.15, -0.1) is 0 Å². The number of unbranched alkanes of at least 4 members (excludes halogenated alkanes) is 1. The first-order valence-electron chi connectivity index (χ1n) is 16.1. The number of halogens is 2. The molecule has 1 aliphatic heterocycles. The molecule has 0 unspecified atom stereocenters. The maximum atomic E-state index is 14.9. The molecule has 1 saturated carbocycles. The molecule has 4 atom stereocenters. The second-order valence-corrected chi connectivity index (χ2v) is 12.0. The molecule has 1 aromatic rings. The summed E-state index contributed by atoms with van der Waals surface area (Å²) < 4.78 is 35.2. The summed E-state index contributed by atoms with van der Waals surface area (Å²) in [4.78, 5) is 53.9. The quantitative estimate of drug-likeness (QED) is 0.200. The van der Waals surface area contributed by atoms with Crippen molar-refractivity contribution in [2.24, 2.45) is 5.92 Å². The molecule has 252 valence electrons. The van der Waals surface area contributed by atoms with Gasteiger partial charge in [-0.05, 0) is 24.3 Å². The van der Waals surface area contributed by atoms with Crippen LogP contribution in [0.4, 0.5) is 13.6 Å². The van der Waals surface area contributed by atoms with Crippen molar-refractivity contribution in [2.45, 2.75) is 101 Å². The Morgan fingerprint density at radius 3 is 2.24 bits per heavy atom. The summed E-state index contributed by atoms with van der Waals surface area (Å²) >= 11 is 0. The Labute approximate surface area is 264 Å². The lowest BCUT2D eigenvalue weighted by Crippen LogP contribution is -2.61. The van der Waals surface area contributed by atoms with Crippen molar-refractivity contribution in [2.75, 3.05) is 33.4 Å². The summed E-state index contributed by atoms with van der Waals surface area (Å²) in [5, 5.41) is 20.7. The highest BCUT2D eigenvalue weighted by molar-refractivity contribution is 5.92. The van der Waals surface area contributed by atoms with E-state index in [1.807, 2.05) is 42.6 Å². The minimum Gasteiger partial charge on any atom is -0.384 e. The predicted octanol–water partition coefficient (Wildman–Crippen LogP) is 2.51. The van der Waals surface area contributed by atoms with E-state index in [1.54, 1.807) is 4.90 Å². The SMILES string of the molecule is CCCC[C@H](NC(=O)[C@H](Cc1ccccc1)NC(=O)N1CCOCC1)C(=O)N[C@@H](CC1CCCCC1)[C@@H](O)C(F)(F)C(=O)NC. The van der Waals surface area contributed by atoms with E-state index in [-0.39, 0.29) is 25.2 Å². The Morgan fingerprint density at radius 2 is 1.62 bits per heavy atom. The van der Waals surface area contributed by atoms with Crippen LogP contribution in [0.2, 0.25) is 0 Å². The van der Waals surface area contributed by atoms with Gasteiger partial charge in [-0.2, -0.15) is 8.78 Å². The Balaban J connectivity index is 1.80. The van der Waals surface area contributed by atoms with Crippen molar-refractivity contribution < 1.29 is 37.8 Å². The van der Waals surface area contributed by atoms with Gasteiger partial charge in [0.25, 0.3) is 5.91 Å². The largest absolute Gasteiger partial charge is 0.384 e.